The number of allylic oxidation sites excluding steroid dienone is 3. The highest BCUT2D eigenvalue weighted by Gasteiger charge is 2.26. The summed E-state index contributed by atoms with van der Waals surface area (Å²) in [6.07, 6.45) is 5.23. The molecule has 0 N–H and O–H groups in total. The number of rotatable bonds is 0. The third-order valence-electron chi connectivity index (χ3n) is 1.86. The van der Waals surface area contributed by atoms with E-state index in [1.165, 1.54) is 0 Å². The zero-order valence-electron chi connectivity index (χ0n) is 6.99. The van der Waals surface area contributed by atoms with Gasteiger partial charge in [0.15, 0.2) is 0 Å². The van der Waals surface area contributed by atoms with Crippen molar-refractivity contribution < 1.29 is 4.79 Å². The summed E-state index contributed by atoms with van der Waals surface area (Å²) in [5.74, 6) is 0.218. The van der Waals surface area contributed by atoms with E-state index in [1.54, 1.807) is 25.2 Å². The second-order valence-corrected chi connectivity index (χ2v) is 3.30. The number of nitrogens with zero attached hydrogens (tertiary/aromatic N) is 2. The van der Waals surface area contributed by atoms with Gasteiger partial charge in [-0.05, 0) is 13.0 Å². The van der Waals surface area contributed by atoms with Crippen molar-refractivity contribution in [2.24, 2.45) is 9.98 Å². The third-order valence-corrected chi connectivity index (χ3v) is 2.21. The van der Waals surface area contributed by atoms with Crippen LogP contribution in [0.1, 0.15) is 6.92 Å². The van der Waals surface area contributed by atoms with E-state index in [0.717, 1.165) is 0 Å². The van der Waals surface area contributed by atoms with Gasteiger partial charge in [-0.15, -0.1) is 11.6 Å². The maximum absolute atomic E-state index is 11.4. The van der Waals surface area contributed by atoms with Crippen LogP contribution < -0.4 is 0 Å². The minimum absolute atomic E-state index is 0.252. The van der Waals surface area contributed by atoms with Gasteiger partial charge < -0.3 is 0 Å². The van der Waals surface area contributed by atoms with E-state index >= 15 is 0 Å². The molecule has 2 rings (SSSR count). The zero-order chi connectivity index (χ0) is 9.42. The Balaban J connectivity index is 2.52. The Kier molecular flexibility index (Phi) is 1.88. The van der Waals surface area contributed by atoms with E-state index < -0.39 is 0 Å². The molecule has 0 aromatic carbocycles. The molecule has 1 aliphatic heterocycles. The average Bonchev–Trinajstić information content (AvgIpc) is 2.07. The van der Waals surface area contributed by atoms with Crippen LogP contribution in [0.2, 0.25) is 0 Å². The number of hydrogen-bond donors (Lipinski definition) is 0. The van der Waals surface area contributed by atoms with Crippen LogP contribution in [0, 0.1) is 0 Å². The normalized spacial score (nSPS) is 26.2. The molecule has 2 aliphatic rings. The van der Waals surface area contributed by atoms with Crippen LogP contribution in [0.25, 0.3) is 0 Å². The molecule has 0 saturated carbocycles. The molecule has 0 fully saturated rings. The minimum Gasteiger partial charge on any atom is -0.267 e. The fourth-order valence-electron chi connectivity index (χ4n) is 1.28. The molecule has 0 bridgehead atoms. The summed E-state index contributed by atoms with van der Waals surface area (Å²) in [6.45, 7) is 1.68. The van der Waals surface area contributed by atoms with E-state index in [1.807, 2.05) is 0 Å². The van der Waals surface area contributed by atoms with Gasteiger partial charge in [-0.3, -0.25) is 4.79 Å². The molecule has 0 aromatic rings. The monoisotopic (exact) mass is 194 g/mol. The molecule has 1 amide bonds. The molecule has 4 heteroatoms. The zero-order valence-corrected chi connectivity index (χ0v) is 7.75. The first kappa shape index (κ1) is 8.38. The Bertz CT molecular complexity index is 390. The number of fused-ring (bicyclic) bond motifs is 1. The highest BCUT2D eigenvalue weighted by Crippen LogP contribution is 2.19. The second kappa shape index (κ2) is 2.92. The number of amidine groups is 1. The molecule has 13 heavy (non-hydrogen) atoms. The van der Waals surface area contributed by atoms with E-state index in [4.69, 9.17) is 11.6 Å². The smallest absolute Gasteiger partial charge is 0.267 e. The third kappa shape index (κ3) is 1.35. The summed E-state index contributed by atoms with van der Waals surface area (Å²) in [6, 6.07) is 0. The first-order valence-corrected chi connectivity index (χ1v) is 4.33. The summed E-state index contributed by atoms with van der Waals surface area (Å²) in [5.41, 5.74) is 1.12. The van der Waals surface area contributed by atoms with Crippen molar-refractivity contribution in [3.8, 4) is 0 Å². The average molecular weight is 195 g/mol. The molecule has 0 radical (unpaired) electrons. The van der Waals surface area contributed by atoms with Gasteiger partial charge in [0.05, 0.1) is 16.7 Å². The van der Waals surface area contributed by atoms with Crippen molar-refractivity contribution in [3.63, 3.8) is 0 Å². The van der Waals surface area contributed by atoms with Gasteiger partial charge in [0.2, 0.25) is 0 Å². The van der Waals surface area contributed by atoms with Gasteiger partial charge in [-0.25, -0.2) is 4.99 Å². The highest BCUT2D eigenvalue weighted by atomic mass is 35.5. The van der Waals surface area contributed by atoms with Gasteiger partial charge in [0.25, 0.3) is 5.91 Å². The molecule has 1 aliphatic carbocycles. The van der Waals surface area contributed by atoms with Gasteiger partial charge in [-0.2, -0.15) is 4.99 Å². The molecule has 1 heterocycles. The van der Waals surface area contributed by atoms with Crippen LogP contribution in [0.5, 0.6) is 0 Å². The van der Waals surface area contributed by atoms with Gasteiger partial charge >= 0.3 is 0 Å². The van der Waals surface area contributed by atoms with Gasteiger partial charge in [0.1, 0.15) is 5.84 Å². The lowest BCUT2D eigenvalue weighted by Gasteiger charge is -2.17. The molecule has 1 unspecified atom stereocenters. The van der Waals surface area contributed by atoms with Crippen molar-refractivity contribution in [1.29, 1.82) is 0 Å². The summed E-state index contributed by atoms with van der Waals surface area (Å²) < 4.78 is 0. The van der Waals surface area contributed by atoms with E-state index in [0.29, 0.717) is 17.1 Å². The van der Waals surface area contributed by atoms with E-state index in [-0.39, 0.29) is 11.3 Å². The summed E-state index contributed by atoms with van der Waals surface area (Å²) in [7, 11) is 0. The first-order valence-electron chi connectivity index (χ1n) is 3.89. The number of carbonyl (C=O) groups is 1. The Morgan fingerprint density at radius 3 is 3.00 bits per heavy atom. The highest BCUT2D eigenvalue weighted by molar-refractivity contribution is 6.43. The summed E-state index contributed by atoms with van der Waals surface area (Å²) >= 11 is 5.96. The Labute approximate surface area is 80.5 Å². The van der Waals surface area contributed by atoms with Gasteiger partial charge in [-0.1, -0.05) is 12.2 Å². The summed E-state index contributed by atoms with van der Waals surface area (Å²) in [5, 5.41) is -0.311. The number of carbonyl (C=O) groups excluding carboxylic acids is 1. The largest absolute Gasteiger partial charge is 0.280 e. The fraction of sp³-hybridized carbons (Fsp3) is 0.222. The molecular formula is C9H7ClN2O. The lowest BCUT2D eigenvalue weighted by molar-refractivity contribution is -0.113. The Morgan fingerprint density at radius 1 is 1.46 bits per heavy atom. The molecule has 66 valence electrons. The quantitative estimate of drug-likeness (QED) is 0.539. The maximum atomic E-state index is 11.4. The first-order chi connectivity index (χ1) is 6.18. The number of halogens is 1. The molecule has 3 nitrogen and oxygen atoms in total. The molecule has 0 spiro atoms. The lowest BCUT2D eigenvalue weighted by Crippen LogP contribution is -2.26. The Morgan fingerprint density at radius 2 is 2.23 bits per heavy atom. The topological polar surface area (TPSA) is 41.8 Å². The predicted octanol–water partition coefficient (Wildman–Crippen LogP) is 1.49. The fourth-order valence-corrected chi connectivity index (χ4v) is 1.53. The van der Waals surface area contributed by atoms with Crippen LogP contribution in [0.3, 0.4) is 0 Å². The number of hydrogen-bond acceptors (Lipinski definition) is 2. The van der Waals surface area contributed by atoms with Crippen molar-refractivity contribution in [2.45, 2.75) is 12.3 Å². The molecule has 0 saturated heterocycles. The minimum atomic E-state index is -0.311. The van der Waals surface area contributed by atoms with Crippen LogP contribution >= 0.6 is 11.6 Å². The lowest BCUT2D eigenvalue weighted by atomic mass is 10.0. The van der Waals surface area contributed by atoms with Crippen LogP contribution in [0.15, 0.2) is 33.8 Å². The van der Waals surface area contributed by atoms with E-state index in [2.05, 4.69) is 9.98 Å². The van der Waals surface area contributed by atoms with E-state index in [9.17, 15) is 4.79 Å². The predicted molar refractivity (Wildman–Crippen MR) is 52.4 cm³/mol. The SMILES string of the molecule is CC1=NC(=O)C2=CC=CC(Cl)C2=N1. The molecule has 0 aromatic heterocycles. The standard InChI is InChI=1S/C9H7ClN2O/c1-5-11-8-6(9(13)12-5)3-2-4-7(8)10/h2-4,7H,1H3. The number of aliphatic imine (C=N–C) groups is 2. The number of amides is 1. The van der Waals surface area contributed by atoms with Crippen molar-refractivity contribution in [1.82, 2.24) is 0 Å². The number of alkyl halides is 1. The second-order valence-electron chi connectivity index (χ2n) is 2.83. The van der Waals surface area contributed by atoms with Crippen molar-refractivity contribution in [3.05, 3.63) is 23.8 Å². The maximum Gasteiger partial charge on any atom is 0.280 e. The summed E-state index contributed by atoms with van der Waals surface area (Å²) in [4.78, 5) is 19.2. The van der Waals surface area contributed by atoms with Crippen LogP contribution in [-0.4, -0.2) is 22.8 Å². The van der Waals surface area contributed by atoms with Crippen molar-refractivity contribution in [2.75, 3.05) is 0 Å². The van der Waals surface area contributed by atoms with Crippen LogP contribution in [0.4, 0.5) is 0 Å². The molecular weight excluding hydrogens is 188 g/mol. The Hall–Kier alpha value is -1.22. The molecule has 1 atom stereocenters. The van der Waals surface area contributed by atoms with Crippen molar-refractivity contribution >= 4 is 29.1 Å². The van der Waals surface area contributed by atoms with Gasteiger partial charge in [0, 0.05) is 0 Å². The van der Waals surface area contributed by atoms with Crippen LogP contribution in [-0.2, 0) is 4.79 Å².